The Labute approximate surface area is 94.7 Å². The molecule has 0 aliphatic heterocycles. The summed E-state index contributed by atoms with van der Waals surface area (Å²) in [5.41, 5.74) is 6.32. The molecular formula is C8H8AsCl2NO2. The third-order valence-corrected chi connectivity index (χ3v) is 5.07. The number of nitrogens with two attached hydrogens (primary N) is 1. The number of carbonyl (C=O) groups is 1. The van der Waals surface area contributed by atoms with Crippen molar-refractivity contribution in [2.24, 2.45) is 0 Å². The number of ether oxygens (including phenoxy) is 1. The number of benzene rings is 1. The maximum atomic E-state index is 11.2. The fourth-order valence-electron chi connectivity index (χ4n) is 0.951. The quantitative estimate of drug-likeness (QED) is 0.507. The third kappa shape index (κ3) is 2.57. The second-order valence-electron chi connectivity index (χ2n) is 2.50. The first-order valence-corrected chi connectivity index (χ1v) is 9.52. The van der Waals surface area contributed by atoms with E-state index >= 15 is 0 Å². The third-order valence-electron chi connectivity index (χ3n) is 1.64. The number of esters is 1. The van der Waals surface area contributed by atoms with Gasteiger partial charge >= 0.3 is 94.8 Å². The molecular weight excluding hydrogens is 288 g/mol. The zero-order chi connectivity index (χ0) is 10.7. The van der Waals surface area contributed by atoms with Crippen LogP contribution < -0.4 is 10.1 Å². The van der Waals surface area contributed by atoms with Crippen molar-refractivity contribution in [3.63, 3.8) is 0 Å². The molecule has 0 heterocycles. The molecule has 14 heavy (non-hydrogen) atoms. The molecule has 0 radical (unpaired) electrons. The molecule has 3 nitrogen and oxygen atoms in total. The molecule has 1 rings (SSSR count). The Morgan fingerprint density at radius 1 is 1.50 bits per heavy atom. The van der Waals surface area contributed by atoms with Gasteiger partial charge in [-0.3, -0.25) is 0 Å². The number of hydrogen-bond donors (Lipinski definition) is 1. The Bertz CT molecular complexity index is 357. The van der Waals surface area contributed by atoms with Crippen molar-refractivity contribution in [2.75, 3.05) is 12.8 Å². The van der Waals surface area contributed by atoms with Crippen molar-refractivity contribution >= 4 is 48.7 Å². The van der Waals surface area contributed by atoms with Crippen molar-refractivity contribution in [3.05, 3.63) is 23.8 Å². The van der Waals surface area contributed by atoms with Crippen molar-refractivity contribution in [1.82, 2.24) is 0 Å². The number of methoxy groups -OCH3 is 1. The minimum atomic E-state index is -1.97. The number of hydrogen-bond acceptors (Lipinski definition) is 3. The van der Waals surface area contributed by atoms with Crippen LogP contribution in [0.1, 0.15) is 10.4 Å². The van der Waals surface area contributed by atoms with Gasteiger partial charge in [-0.05, 0) is 0 Å². The zero-order valence-corrected chi connectivity index (χ0v) is 10.7. The first-order chi connectivity index (χ1) is 6.56. The zero-order valence-electron chi connectivity index (χ0n) is 7.33. The van der Waals surface area contributed by atoms with E-state index in [1.807, 2.05) is 0 Å². The first kappa shape index (κ1) is 11.7. The number of rotatable bonds is 2. The Hall–Kier alpha value is -0.372. The Balaban J connectivity index is 3.07. The van der Waals surface area contributed by atoms with Crippen LogP contribution >= 0.6 is 19.9 Å². The van der Waals surface area contributed by atoms with E-state index in [9.17, 15) is 4.79 Å². The molecule has 0 saturated heterocycles. The molecule has 2 N–H and O–H groups in total. The van der Waals surface area contributed by atoms with Gasteiger partial charge in [0.25, 0.3) is 0 Å². The Morgan fingerprint density at radius 3 is 2.57 bits per heavy atom. The van der Waals surface area contributed by atoms with Gasteiger partial charge in [-0.1, -0.05) is 0 Å². The monoisotopic (exact) mass is 295 g/mol. The van der Waals surface area contributed by atoms with Gasteiger partial charge < -0.3 is 0 Å². The summed E-state index contributed by atoms with van der Waals surface area (Å²) in [4.78, 5) is 11.2. The summed E-state index contributed by atoms with van der Waals surface area (Å²) < 4.78 is 5.34. The van der Waals surface area contributed by atoms with E-state index in [1.165, 1.54) is 7.11 Å². The van der Waals surface area contributed by atoms with Crippen LogP contribution in [-0.2, 0) is 4.74 Å². The molecule has 1 aromatic carbocycles. The van der Waals surface area contributed by atoms with Crippen LogP contribution in [0.3, 0.4) is 0 Å². The van der Waals surface area contributed by atoms with Crippen molar-refractivity contribution in [2.45, 2.75) is 0 Å². The molecule has 0 fully saturated rings. The van der Waals surface area contributed by atoms with Crippen LogP contribution in [0, 0.1) is 0 Å². The summed E-state index contributed by atoms with van der Waals surface area (Å²) in [6, 6.07) is 4.89. The van der Waals surface area contributed by atoms with Gasteiger partial charge in [0.15, 0.2) is 0 Å². The number of anilines is 1. The van der Waals surface area contributed by atoms with Crippen molar-refractivity contribution in [1.29, 1.82) is 0 Å². The molecule has 0 unspecified atom stereocenters. The van der Waals surface area contributed by atoms with Gasteiger partial charge in [0.2, 0.25) is 0 Å². The number of halogens is 2. The fourth-order valence-corrected chi connectivity index (χ4v) is 2.93. The Kier molecular flexibility index (Phi) is 4.11. The van der Waals surface area contributed by atoms with Gasteiger partial charge in [0, 0.05) is 0 Å². The summed E-state index contributed by atoms with van der Waals surface area (Å²) in [6.07, 6.45) is 0. The van der Waals surface area contributed by atoms with Gasteiger partial charge in [0.05, 0.1) is 0 Å². The van der Waals surface area contributed by atoms with E-state index in [2.05, 4.69) is 4.74 Å². The SMILES string of the molecule is COC(=O)c1ccc([As](Cl)Cl)cc1N. The second kappa shape index (κ2) is 4.92. The van der Waals surface area contributed by atoms with Crippen LogP contribution in [-0.4, -0.2) is 25.8 Å². The number of carbonyl (C=O) groups excluding carboxylic acids is 1. The van der Waals surface area contributed by atoms with Crippen LogP contribution in [0.4, 0.5) is 5.69 Å². The summed E-state index contributed by atoms with van der Waals surface area (Å²) in [5.74, 6) is -0.461. The van der Waals surface area contributed by atoms with E-state index in [0.717, 1.165) is 4.35 Å². The molecule has 1 aromatic rings. The second-order valence-corrected chi connectivity index (χ2v) is 8.97. The van der Waals surface area contributed by atoms with E-state index in [-0.39, 0.29) is 0 Å². The number of nitrogen functional groups attached to an aromatic ring is 1. The van der Waals surface area contributed by atoms with Crippen molar-refractivity contribution in [3.8, 4) is 0 Å². The molecule has 0 atom stereocenters. The standard InChI is InChI=1S/C8H8AsCl2NO2/c1-14-8(13)6-3-2-5(9(10)11)4-7(6)12/h2-4H,12H2,1H3. The van der Waals surface area contributed by atoms with Gasteiger partial charge in [0.1, 0.15) is 0 Å². The molecule has 0 saturated carbocycles. The first-order valence-electron chi connectivity index (χ1n) is 3.65. The predicted molar refractivity (Wildman–Crippen MR) is 59.3 cm³/mol. The summed E-state index contributed by atoms with van der Waals surface area (Å²) >= 11 is -1.97. The minimum absolute atomic E-state index is 0.334. The fraction of sp³-hybridized carbons (Fsp3) is 0.125. The molecule has 0 aliphatic carbocycles. The average molecular weight is 296 g/mol. The molecule has 6 heteroatoms. The Morgan fingerprint density at radius 2 is 2.14 bits per heavy atom. The molecule has 0 spiro atoms. The van der Waals surface area contributed by atoms with Gasteiger partial charge in [-0.2, -0.15) is 0 Å². The van der Waals surface area contributed by atoms with Crippen LogP contribution in [0.25, 0.3) is 0 Å². The van der Waals surface area contributed by atoms with Gasteiger partial charge in [-0.15, -0.1) is 0 Å². The van der Waals surface area contributed by atoms with E-state index in [0.29, 0.717) is 11.3 Å². The van der Waals surface area contributed by atoms with E-state index < -0.39 is 18.7 Å². The average Bonchev–Trinajstić information content (AvgIpc) is 2.16. The van der Waals surface area contributed by atoms with Crippen LogP contribution in [0.5, 0.6) is 0 Å². The predicted octanol–water partition coefficient (Wildman–Crippen LogP) is 1.23. The summed E-state index contributed by atoms with van der Waals surface area (Å²) in [5, 5.41) is 0. The van der Waals surface area contributed by atoms with Crippen molar-refractivity contribution < 1.29 is 9.53 Å². The van der Waals surface area contributed by atoms with E-state index in [1.54, 1.807) is 18.2 Å². The molecule has 0 aromatic heterocycles. The molecule has 0 amide bonds. The van der Waals surface area contributed by atoms with Crippen LogP contribution in [0.15, 0.2) is 18.2 Å². The van der Waals surface area contributed by atoms with Crippen LogP contribution in [0.2, 0.25) is 0 Å². The maximum absolute atomic E-state index is 11.2. The molecule has 76 valence electrons. The topological polar surface area (TPSA) is 52.3 Å². The van der Waals surface area contributed by atoms with Gasteiger partial charge in [-0.25, -0.2) is 0 Å². The van der Waals surface area contributed by atoms with E-state index in [4.69, 9.17) is 25.6 Å². The normalized spacial score (nSPS) is 10.3. The summed E-state index contributed by atoms with van der Waals surface area (Å²) in [7, 11) is 12.9. The molecule has 0 bridgehead atoms. The summed E-state index contributed by atoms with van der Waals surface area (Å²) in [6.45, 7) is 0. The molecule has 0 aliphatic rings.